The minimum Gasteiger partial charge on any atom is -0.356 e. The summed E-state index contributed by atoms with van der Waals surface area (Å²) < 4.78 is 0. The SMILES string of the molecule is NCC1CCCCC1.O=C(Cc1ccccc1)NCC1CCCCC1. The zero-order valence-electron chi connectivity index (χ0n) is 15.7. The Bertz CT molecular complexity index is 462. The molecule has 2 fully saturated rings. The molecule has 0 atom stereocenters. The number of carbonyl (C=O) groups is 1. The monoisotopic (exact) mass is 344 g/mol. The highest BCUT2D eigenvalue weighted by Crippen LogP contribution is 2.23. The van der Waals surface area contributed by atoms with Crippen LogP contribution in [0.5, 0.6) is 0 Å². The van der Waals surface area contributed by atoms with E-state index in [9.17, 15) is 4.79 Å². The van der Waals surface area contributed by atoms with Crippen LogP contribution in [-0.2, 0) is 11.2 Å². The predicted octanol–water partition coefficient (Wildman–Crippen LogP) is 4.45. The molecule has 2 aliphatic carbocycles. The highest BCUT2D eigenvalue weighted by atomic mass is 16.1. The molecule has 0 aromatic heterocycles. The summed E-state index contributed by atoms with van der Waals surface area (Å²) in [6.45, 7) is 1.78. The summed E-state index contributed by atoms with van der Waals surface area (Å²) >= 11 is 0. The molecule has 3 heteroatoms. The normalized spacial score (nSPS) is 18.9. The minimum atomic E-state index is 0.154. The fourth-order valence-electron chi connectivity index (χ4n) is 3.92. The van der Waals surface area contributed by atoms with Gasteiger partial charge in [0.25, 0.3) is 0 Å². The van der Waals surface area contributed by atoms with Gasteiger partial charge in [-0.25, -0.2) is 0 Å². The van der Waals surface area contributed by atoms with E-state index < -0.39 is 0 Å². The third-order valence-corrected chi connectivity index (χ3v) is 5.58. The second-order valence-electron chi connectivity index (χ2n) is 7.71. The minimum absolute atomic E-state index is 0.154. The highest BCUT2D eigenvalue weighted by molar-refractivity contribution is 5.78. The maximum Gasteiger partial charge on any atom is 0.224 e. The van der Waals surface area contributed by atoms with Gasteiger partial charge in [-0.05, 0) is 49.6 Å². The number of hydrogen-bond donors (Lipinski definition) is 2. The molecule has 1 amide bonds. The van der Waals surface area contributed by atoms with Crippen molar-refractivity contribution in [2.45, 2.75) is 70.6 Å². The van der Waals surface area contributed by atoms with Crippen LogP contribution >= 0.6 is 0 Å². The Kier molecular flexibility index (Phi) is 9.65. The van der Waals surface area contributed by atoms with E-state index in [2.05, 4.69) is 5.32 Å². The van der Waals surface area contributed by atoms with Crippen LogP contribution < -0.4 is 11.1 Å². The quantitative estimate of drug-likeness (QED) is 0.829. The van der Waals surface area contributed by atoms with Crippen molar-refractivity contribution in [3.63, 3.8) is 0 Å². The molecule has 0 heterocycles. The molecule has 0 saturated heterocycles. The number of hydrogen-bond acceptors (Lipinski definition) is 2. The van der Waals surface area contributed by atoms with Crippen molar-refractivity contribution in [1.29, 1.82) is 0 Å². The number of rotatable bonds is 5. The van der Waals surface area contributed by atoms with Gasteiger partial charge in [0.2, 0.25) is 5.91 Å². The van der Waals surface area contributed by atoms with E-state index >= 15 is 0 Å². The average molecular weight is 345 g/mol. The summed E-state index contributed by atoms with van der Waals surface area (Å²) in [6, 6.07) is 9.93. The first-order valence-corrected chi connectivity index (χ1v) is 10.3. The van der Waals surface area contributed by atoms with E-state index in [0.717, 1.165) is 24.6 Å². The van der Waals surface area contributed by atoms with Gasteiger partial charge in [-0.15, -0.1) is 0 Å². The van der Waals surface area contributed by atoms with E-state index in [1.165, 1.54) is 64.2 Å². The van der Waals surface area contributed by atoms with Gasteiger partial charge < -0.3 is 11.1 Å². The van der Waals surface area contributed by atoms with Crippen LogP contribution in [0.1, 0.15) is 69.8 Å². The Balaban J connectivity index is 0.000000236. The van der Waals surface area contributed by atoms with Gasteiger partial charge in [0.1, 0.15) is 0 Å². The van der Waals surface area contributed by atoms with E-state index in [4.69, 9.17) is 5.73 Å². The lowest BCUT2D eigenvalue weighted by molar-refractivity contribution is -0.120. The summed E-state index contributed by atoms with van der Waals surface area (Å²) in [5, 5.41) is 3.06. The summed E-state index contributed by atoms with van der Waals surface area (Å²) in [7, 11) is 0. The molecule has 1 aromatic carbocycles. The summed E-state index contributed by atoms with van der Waals surface area (Å²) in [6.07, 6.45) is 14.2. The number of nitrogens with two attached hydrogens (primary N) is 1. The van der Waals surface area contributed by atoms with Crippen LogP contribution in [0.15, 0.2) is 30.3 Å². The maximum absolute atomic E-state index is 11.7. The molecular weight excluding hydrogens is 308 g/mol. The lowest BCUT2D eigenvalue weighted by Crippen LogP contribution is -2.31. The van der Waals surface area contributed by atoms with Crippen LogP contribution in [0.25, 0.3) is 0 Å². The second-order valence-corrected chi connectivity index (χ2v) is 7.71. The van der Waals surface area contributed by atoms with Gasteiger partial charge in [0, 0.05) is 6.54 Å². The highest BCUT2D eigenvalue weighted by Gasteiger charge is 2.14. The van der Waals surface area contributed by atoms with Gasteiger partial charge in [-0.2, -0.15) is 0 Å². The number of amides is 1. The molecule has 3 N–H and O–H groups in total. The van der Waals surface area contributed by atoms with E-state index in [1.807, 2.05) is 30.3 Å². The van der Waals surface area contributed by atoms with Crippen molar-refractivity contribution in [2.24, 2.45) is 17.6 Å². The smallest absolute Gasteiger partial charge is 0.224 e. The Morgan fingerprint density at radius 3 is 1.96 bits per heavy atom. The van der Waals surface area contributed by atoms with Crippen LogP contribution in [-0.4, -0.2) is 19.0 Å². The topological polar surface area (TPSA) is 55.1 Å². The Labute approximate surface area is 153 Å². The molecule has 1 aromatic rings. The van der Waals surface area contributed by atoms with E-state index in [0.29, 0.717) is 12.3 Å². The van der Waals surface area contributed by atoms with E-state index in [1.54, 1.807) is 0 Å². The van der Waals surface area contributed by atoms with Gasteiger partial charge in [-0.3, -0.25) is 4.79 Å². The van der Waals surface area contributed by atoms with Crippen molar-refractivity contribution in [3.05, 3.63) is 35.9 Å². The van der Waals surface area contributed by atoms with Gasteiger partial charge in [-0.1, -0.05) is 68.9 Å². The molecule has 0 aliphatic heterocycles. The molecule has 0 unspecified atom stereocenters. The zero-order chi connectivity index (χ0) is 17.7. The van der Waals surface area contributed by atoms with E-state index in [-0.39, 0.29) is 5.91 Å². The molecule has 0 radical (unpaired) electrons. The summed E-state index contributed by atoms with van der Waals surface area (Å²) in [4.78, 5) is 11.7. The van der Waals surface area contributed by atoms with Gasteiger partial charge >= 0.3 is 0 Å². The fraction of sp³-hybridized carbons (Fsp3) is 0.682. The molecule has 140 valence electrons. The van der Waals surface area contributed by atoms with Crippen molar-refractivity contribution in [2.75, 3.05) is 13.1 Å². The summed E-state index contributed by atoms with van der Waals surface area (Å²) in [5.74, 6) is 1.73. The van der Waals surface area contributed by atoms with Crippen LogP contribution in [0.3, 0.4) is 0 Å². The van der Waals surface area contributed by atoms with Gasteiger partial charge in [0.15, 0.2) is 0 Å². The Morgan fingerprint density at radius 1 is 0.880 bits per heavy atom. The second kappa shape index (κ2) is 12.1. The average Bonchev–Trinajstić information content (AvgIpc) is 2.69. The molecule has 3 rings (SSSR count). The van der Waals surface area contributed by atoms with Crippen LogP contribution in [0.2, 0.25) is 0 Å². The number of carbonyl (C=O) groups excluding carboxylic acids is 1. The standard InChI is InChI=1S/C15H21NO.C7H15N/c17-15(11-13-7-3-1-4-8-13)16-12-14-9-5-2-6-10-14;8-6-7-4-2-1-3-5-7/h1,3-4,7-8,14H,2,5-6,9-12H2,(H,16,17);7H,1-6,8H2. The molecule has 3 nitrogen and oxygen atoms in total. The largest absolute Gasteiger partial charge is 0.356 e. The first-order valence-electron chi connectivity index (χ1n) is 10.3. The Hall–Kier alpha value is -1.35. The fourth-order valence-corrected chi connectivity index (χ4v) is 3.92. The van der Waals surface area contributed by atoms with Crippen molar-refractivity contribution in [1.82, 2.24) is 5.32 Å². The molecule has 2 saturated carbocycles. The zero-order valence-corrected chi connectivity index (χ0v) is 15.7. The van der Waals surface area contributed by atoms with Crippen molar-refractivity contribution >= 4 is 5.91 Å². The first kappa shape index (κ1) is 20.0. The molecule has 0 bridgehead atoms. The van der Waals surface area contributed by atoms with Crippen LogP contribution in [0.4, 0.5) is 0 Å². The predicted molar refractivity (Wildman–Crippen MR) is 105 cm³/mol. The third-order valence-electron chi connectivity index (χ3n) is 5.58. The molecule has 2 aliphatic rings. The number of nitrogens with one attached hydrogen (secondary N) is 1. The molecule has 25 heavy (non-hydrogen) atoms. The third kappa shape index (κ3) is 8.53. The molecule has 0 spiro atoms. The van der Waals surface area contributed by atoms with Crippen molar-refractivity contribution < 1.29 is 4.79 Å². The maximum atomic E-state index is 11.7. The summed E-state index contributed by atoms with van der Waals surface area (Å²) in [5.41, 5.74) is 6.59. The Morgan fingerprint density at radius 2 is 1.44 bits per heavy atom. The first-order chi connectivity index (χ1) is 12.3. The molecular formula is C22H36N2O. The van der Waals surface area contributed by atoms with Crippen molar-refractivity contribution in [3.8, 4) is 0 Å². The van der Waals surface area contributed by atoms with Gasteiger partial charge in [0.05, 0.1) is 6.42 Å². The lowest BCUT2D eigenvalue weighted by atomic mass is 9.89. The van der Waals surface area contributed by atoms with Crippen LogP contribution in [0, 0.1) is 11.8 Å². The number of benzene rings is 1. The lowest BCUT2D eigenvalue weighted by Gasteiger charge is -2.21.